The van der Waals surface area contributed by atoms with E-state index in [4.69, 9.17) is 4.74 Å². The first-order valence-electron chi connectivity index (χ1n) is 4.57. The highest BCUT2D eigenvalue weighted by molar-refractivity contribution is 5.77. The number of rotatable bonds is 2. The van der Waals surface area contributed by atoms with Gasteiger partial charge in [-0.05, 0) is 13.3 Å². The number of nitrogens with zero attached hydrogens (tertiary/aromatic N) is 1. The second-order valence-electron chi connectivity index (χ2n) is 3.20. The lowest BCUT2D eigenvalue weighted by molar-refractivity contribution is -0.147. The number of likely N-dealkylation sites (tertiary alicyclic amines) is 1. The maximum absolute atomic E-state index is 11.3. The molecule has 1 rings (SSSR count). The van der Waals surface area contributed by atoms with Crippen LogP contribution in [0.25, 0.3) is 0 Å². The first kappa shape index (κ1) is 10.0. The van der Waals surface area contributed by atoms with E-state index < -0.39 is 0 Å². The molecule has 0 aliphatic carbocycles. The summed E-state index contributed by atoms with van der Waals surface area (Å²) in [6.07, 6.45) is 0.735. The molecule has 0 spiro atoms. The first-order chi connectivity index (χ1) is 6.15. The fourth-order valence-corrected chi connectivity index (χ4v) is 1.50. The average molecular weight is 185 g/mol. The molecular formula is C9H15NO3. The molecule has 74 valence electrons. The van der Waals surface area contributed by atoms with Gasteiger partial charge in [-0.2, -0.15) is 0 Å². The zero-order chi connectivity index (χ0) is 9.84. The maximum atomic E-state index is 11.3. The Balaban J connectivity index is 2.40. The summed E-state index contributed by atoms with van der Waals surface area (Å²) in [6.45, 7) is 4.92. The Bertz CT molecular complexity index is 215. The summed E-state index contributed by atoms with van der Waals surface area (Å²) < 4.78 is 4.88. The van der Waals surface area contributed by atoms with Gasteiger partial charge in [0.25, 0.3) is 0 Å². The Morgan fingerprint density at radius 2 is 2.23 bits per heavy atom. The van der Waals surface area contributed by atoms with Gasteiger partial charge in [-0.3, -0.25) is 9.59 Å². The van der Waals surface area contributed by atoms with Crippen molar-refractivity contribution in [2.24, 2.45) is 5.92 Å². The number of amides is 1. The van der Waals surface area contributed by atoms with E-state index >= 15 is 0 Å². The van der Waals surface area contributed by atoms with Crippen LogP contribution in [0.15, 0.2) is 0 Å². The van der Waals surface area contributed by atoms with Crippen LogP contribution in [-0.2, 0) is 14.3 Å². The van der Waals surface area contributed by atoms with Crippen LogP contribution >= 0.6 is 0 Å². The van der Waals surface area contributed by atoms with Crippen LogP contribution in [0.5, 0.6) is 0 Å². The summed E-state index contributed by atoms with van der Waals surface area (Å²) in [7, 11) is 0. The van der Waals surface area contributed by atoms with Crippen LogP contribution in [0.3, 0.4) is 0 Å². The maximum Gasteiger partial charge on any atom is 0.310 e. The molecule has 0 aromatic carbocycles. The van der Waals surface area contributed by atoms with Crippen LogP contribution in [0.4, 0.5) is 0 Å². The molecule has 4 heteroatoms. The predicted octanol–water partition coefficient (Wildman–Crippen LogP) is 0.418. The Hall–Kier alpha value is -1.06. The fraction of sp³-hybridized carbons (Fsp3) is 0.778. The quantitative estimate of drug-likeness (QED) is 0.586. The van der Waals surface area contributed by atoms with Gasteiger partial charge in [0, 0.05) is 20.0 Å². The molecule has 1 amide bonds. The van der Waals surface area contributed by atoms with Crippen LogP contribution < -0.4 is 0 Å². The van der Waals surface area contributed by atoms with Gasteiger partial charge in [0.1, 0.15) is 0 Å². The Morgan fingerprint density at radius 3 is 2.69 bits per heavy atom. The van der Waals surface area contributed by atoms with E-state index in [1.807, 2.05) is 0 Å². The largest absolute Gasteiger partial charge is 0.466 e. The number of carbonyl (C=O) groups excluding carboxylic acids is 2. The van der Waals surface area contributed by atoms with Crippen molar-refractivity contribution in [3.8, 4) is 0 Å². The molecule has 4 nitrogen and oxygen atoms in total. The van der Waals surface area contributed by atoms with Crippen molar-refractivity contribution >= 4 is 11.9 Å². The Kier molecular flexibility index (Phi) is 3.28. The van der Waals surface area contributed by atoms with Crippen LogP contribution in [0.2, 0.25) is 0 Å². The zero-order valence-electron chi connectivity index (χ0n) is 8.08. The monoisotopic (exact) mass is 185 g/mol. The lowest BCUT2D eigenvalue weighted by atomic mass is 10.1. The highest BCUT2D eigenvalue weighted by Gasteiger charge is 2.30. The number of esters is 1. The summed E-state index contributed by atoms with van der Waals surface area (Å²) in [5.74, 6) is -0.248. The number of carbonyl (C=O) groups is 2. The fourth-order valence-electron chi connectivity index (χ4n) is 1.50. The van der Waals surface area contributed by atoms with Crippen LogP contribution in [0.1, 0.15) is 20.3 Å². The van der Waals surface area contributed by atoms with Gasteiger partial charge in [-0.25, -0.2) is 0 Å². The minimum atomic E-state index is -0.175. The van der Waals surface area contributed by atoms with Crippen molar-refractivity contribution < 1.29 is 14.3 Å². The minimum Gasteiger partial charge on any atom is -0.466 e. The molecule has 0 aromatic heterocycles. The molecule has 1 atom stereocenters. The van der Waals surface area contributed by atoms with E-state index in [1.54, 1.807) is 11.8 Å². The zero-order valence-corrected chi connectivity index (χ0v) is 8.08. The molecule has 13 heavy (non-hydrogen) atoms. The highest BCUT2D eigenvalue weighted by Crippen LogP contribution is 2.17. The number of hydrogen-bond donors (Lipinski definition) is 0. The van der Waals surface area contributed by atoms with Gasteiger partial charge < -0.3 is 9.64 Å². The molecule has 1 unspecified atom stereocenters. The molecule has 1 saturated heterocycles. The third kappa shape index (κ3) is 2.44. The van der Waals surface area contributed by atoms with Gasteiger partial charge in [0.15, 0.2) is 0 Å². The van der Waals surface area contributed by atoms with E-state index in [0.717, 1.165) is 6.42 Å². The van der Waals surface area contributed by atoms with Crippen LogP contribution in [-0.4, -0.2) is 36.5 Å². The molecule has 1 heterocycles. The smallest absolute Gasteiger partial charge is 0.310 e. The van der Waals surface area contributed by atoms with E-state index in [-0.39, 0.29) is 17.8 Å². The summed E-state index contributed by atoms with van der Waals surface area (Å²) in [4.78, 5) is 23.9. The number of ether oxygens (including phenoxy) is 1. The molecule has 0 N–H and O–H groups in total. The van der Waals surface area contributed by atoms with Crippen molar-refractivity contribution in [1.82, 2.24) is 4.90 Å². The molecule has 0 saturated carbocycles. The van der Waals surface area contributed by atoms with Gasteiger partial charge in [-0.1, -0.05) is 0 Å². The van der Waals surface area contributed by atoms with Gasteiger partial charge in [0.2, 0.25) is 5.91 Å². The SMILES string of the molecule is CCOC(=O)C1CCN(C(C)=O)C1. The predicted molar refractivity (Wildman–Crippen MR) is 47.0 cm³/mol. The highest BCUT2D eigenvalue weighted by atomic mass is 16.5. The van der Waals surface area contributed by atoms with Crippen molar-refractivity contribution in [3.05, 3.63) is 0 Å². The molecule has 0 aromatic rings. The average Bonchev–Trinajstić information content (AvgIpc) is 2.52. The third-order valence-electron chi connectivity index (χ3n) is 2.25. The second kappa shape index (κ2) is 4.25. The second-order valence-corrected chi connectivity index (χ2v) is 3.20. The molecular weight excluding hydrogens is 170 g/mol. The normalized spacial score (nSPS) is 21.7. The van der Waals surface area contributed by atoms with Crippen molar-refractivity contribution in [2.75, 3.05) is 19.7 Å². The molecule has 0 bridgehead atoms. The molecule has 1 aliphatic rings. The Labute approximate surface area is 77.8 Å². The molecule has 1 aliphatic heterocycles. The minimum absolute atomic E-state index is 0.0341. The van der Waals surface area contributed by atoms with E-state index in [9.17, 15) is 9.59 Å². The van der Waals surface area contributed by atoms with Gasteiger partial charge in [-0.15, -0.1) is 0 Å². The van der Waals surface area contributed by atoms with Gasteiger partial charge >= 0.3 is 5.97 Å². The third-order valence-corrected chi connectivity index (χ3v) is 2.25. The van der Waals surface area contributed by atoms with Crippen LogP contribution in [0, 0.1) is 5.92 Å². The van der Waals surface area contributed by atoms with E-state index in [1.165, 1.54) is 6.92 Å². The lowest BCUT2D eigenvalue weighted by Crippen LogP contribution is -2.28. The van der Waals surface area contributed by atoms with Gasteiger partial charge in [0.05, 0.1) is 12.5 Å². The summed E-state index contributed by atoms with van der Waals surface area (Å²) in [5.41, 5.74) is 0. The van der Waals surface area contributed by atoms with Crippen molar-refractivity contribution in [1.29, 1.82) is 0 Å². The lowest BCUT2D eigenvalue weighted by Gasteiger charge is -2.12. The van der Waals surface area contributed by atoms with Crippen molar-refractivity contribution in [2.45, 2.75) is 20.3 Å². The summed E-state index contributed by atoms with van der Waals surface area (Å²) >= 11 is 0. The molecule has 1 fully saturated rings. The Morgan fingerprint density at radius 1 is 1.54 bits per heavy atom. The molecule has 0 radical (unpaired) electrons. The topological polar surface area (TPSA) is 46.6 Å². The number of hydrogen-bond acceptors (Lipinski definition) is 3. The summed E-state index contributed by atoms with van der Waals surface area (Å²) in [5, 5.41) is 0. The summed E-state index contributed by atoms with van der Waals surface area (Å²) in [6, 6.07) is 0. The first-order valence-corrected chi connectivity index (χ1v) is 4.57. The van der Waals surface area contributed by atoms with E-state index in [2.05, 4.69) is 0 Å². The van der Waals surface area contributed by atoms with Crippen molar-refractivity contribution in [3.63, 3.8) is 0 Å². The van der Waals surface area contributed by atoms with E-state index in [0.29, 0.717) is 19.7 Å². The standard InChI is InChI=1S/C9H15NO3/c1-3-13-9(12)8-4-5-10(6-8)7(2)11/h8H,3-6H2,1-2H3.